The third kappa shape index (κ3) is 4.27. The molecule has 1 amide bonds. The Kier molecular flexibility index (Phi) is 4.93. The van der Waals surface area contributed by atoms with E-state index in [0.717, 1.165) is 0 Å². The van der Waals surface area contributed by atoms with Crippen molar-refractivity contribution in [2.75, 3.05) is 19.0 Å². The summed E-state index contributed by atoms with van der Waals surface area (Å²) in [6, 6.07) is 4.19. The summed E-state index contributed by atoms with van der Waals surface area (Å²) in [7, 11) is 2.81. The van der Waals surface area contributed by atoms with E-state index in [1.54, 1.807) is 0 Å². The van der Waals surface area contributed by atoms with Crippen molar-refractivity contribution in [3.63, 3.8) is 0 Å². The first kappa shape index (κ1) is 14.4. The van der Waals surface area contributed by atoms with Crippen molar-refractivity contribution >= 4 is 47.3 Å². The lowest BCUT2D eigenvalue weighted by Crippen LogP contribution is -2.17. The highest BCUT2D eigenvalue weighted by Crippen LogP contribution is 2.27. The molecule has 0 aliphatic heterocycles. The number of nitrogens with one attached hydrogen (secondary N) is 1. The molecule has 0 fully saturated rings. The summed E-state index contributed by atoms with van der Waals surface area (Å²) < 4.78 is 27.2. The molecule has 0 unspecified atom stereocenters. The van der Waals surface area contributed by atoms with Gasteiger partial charge in [0.15, 0.2) is 0 Å². The normalized spacial score (nSPS) is 11.2. The molecule has 1 N–H and O–H groups in total. The van der Waals surface area contributed by atoms with Crippen LogP contribution < -0.4 is 5.32 Å². The zero-order chi connectivity index (χ0) is 13.1. The molecule has 1 aromatic carbocycles. The fraction of sp³-hybridized carbons (Fsp3) is 0.222. The van der Waals surface area contributed by atoms with E-state index in [9.17, 15) is 13.2 Å². The second-order valence-corrected chi connectivity index (χ2v) is 6.45. The minimum atomic E-state index is -3.80. The van der Waals surface area contributed by atoms with Crippen molar-refractivity contribution in [2.24, 2.45) is 0 Å². The summed E-state index contributed by atoms with van der Waals surface area (Å²) in [6.07, 6.45) is 0. The molecule has 5 nitrogen and oxygen atoms in total. The van der Waals surface area contributed by atoms with Gasteiger partial charge in [-0.15, -0.1) is 0 Å². The molecule has 0 spiro atoms. The van der Waals surface area contributed by atoms with Crippen LogP contribution in [-0.2, 0) is 18.6 Å². The lowest BCUT2D eigenvalue weighted by atomic mass is 10.3. The number of carbonyl (C=O) groups excluding carboxylic acids is 1. The fourth-order valence-electron chi connectivity index (χ4n) is 1.10. The number of carbonyl (C=O) groups is 1. The summed E-state index contributed by atoms with van der Waals surface area (Å²) in [5.41, 5.74) is 0.447. The van der Waals surface area contributed by atoms with Crippen molar-refractivity contribution < 1.29 is 17.9 Å². The first-order valence-corrected chi connectivity index (χ1v) is 7.48. The number of benzene rings is 1. The number of rotatable bonds is 4. The minimum absolute atomic E-state index is 0.0519. The van der Waals surface area contributed by atoms with Crippen LogP contribution in [0.25, 0.3) is 0 Å². The van der Waals surface area contributed by atoms with Gasteiger partial charge in [-0.1, -0.05) is 0 Å². The third-order valence-electron chi connectivity index (χ3n) is 1.75. The van der Waals surface area contributed by atoms with Crippen LogP contribution in [0.4, 0.5) is 5.69 Å². The molecule has 0 saturated heterocycles. The topological polar surface area (TPSA) is 72.5 Å². The predicted molar refractivity (Wildman–Crippen MR) is 67.7 cm³/mol. The van der Waals surface area contributed by atoms with E-state index in [1.165, 1.54) is 25.3 Å². The highest BCUT2D eigenvalue weighted by atomic mass is 79.9. The smallest absolute Gasteiger partial charge is 0.262 e. The summed E-state index contributed by atoms with van der Waals surface area (Å²) in [4.78, 5) is 11.2. The third-order valence-corrected chi connectivity index (χ3v) is 4.05. The van der Waals surface area contributed by atoms with Crippen LogP contribution in [-0.4, -0.2) is 28.0 Å². The van der Waals surface area contributed by atoms with Crippen LogP contribution in [0.2, 0.25) is 0 Å². The molecule has 8 heteroatoms. The van der Waals surface area contributed by atoms with Gasteiger partial charge in [0, 0.05) is 28.0 Å². The Morgan fingerprint density at radius 3 is 2.65 bits per heavy atom. The van der Waals surface area contributed by atoms with E-state index in [0.29, 0.717) is 5.69 Å². The van der Waals surface area contributed by atoms with Gasteiger partial charge in [-0.25, -0.2) is 8.42 Å². The van der Waals surface area contributed by atoms with E-state index >= 15 is 0 Å². The van der Waals surface area contributed by atoms with Crippen LogP contribution in [0.5, 0.6) is 0 Å². The molecule has 0 aliphatic rings. The summed E-state index contributed by atoms with van der Waals surface area (Å²) in [6.45, 7) is -0.0762. The first-order valence-electron chi connectivity index (χ1n) is 4.37. The Bertz CT molecular complexity index is 532. The maximum absolute atomic E-state index is 11.2. The number of halogens is 2. The number of hydrogen-bond donors (Lipinski definition) is 1. The van der Waals surface area contributed by atoms with E-state index in [4.69, 9.17) is 10.7 Å². The Labute approximate surface area is 112 Å². The Morgan fingerprint density at radius 1 is 1.53 bits per heavy atom. The quantitative estimate of drug-likeness (QED) is 0.849. The average Bonchev–Trinajstić information content (AvgIpc) is 2.15. The van der Waals surface area contributed by atoms with Crippen LogP contribution in [0, 0.1) is 0 Å². The predicted octanol–water partition coefficient (Wildman–Crippen LogP) is 1.96. The summed E-state index contributed by atoms with van der Waals surface area (Å²) in [5.74, 6) is -0.333. The van der Waals surface area contributed by atoms with Crippen LogP contribution in [0.1, 0.15) is 0 Å². The van der Waals surface area contributed by atoms with Gasteiger partial charge < -0.3 is 10.1 Å². The lowest BCUT2D eigenvalue weighted by Gasteiger charge is -2.06. The Morgan fingerprint density at radius 2 is 2.18 bits per heavy atom. The standard InChI is InChI=1S/C9H9BrClNO4S/c1-16-5-9(13)12-6-2-3-8(7(10)4-6)17(11,14)15/h2-4H,5H2,1H3,(H,12,13). The van der Waals surface area contributed by atoms with Crippen LogP contribution in [0.3, 0.4) is 0 Å². The monoisotopic (exact) mass is 341 g/mol. The Balaban J connectivity index is 2.94. The summed E-state index contributed by atoms with van der Waals surface area (Å²) in [5, 5.41) is 2.53. The maximum atomic E-state index is 11.2. The highest BCUT2D eigenvalue weighted by Gasteiger charge is 2.14. The zero-order valence-corrected chi connectivity index (χ0v) is 11.9. The van der Waals surface area contributed by atoms with Crippen LogP contribution >= 0.6 is 26.6 Å². The molecule has 1 aromatic rings. The fourth-order valence-corrected chi connectivity index (χ4v) is 3.33. The molecule has 0 atom stereocenters. The highest BCUT2D eigenvalue weighted by molar-refractivity contribution is 9.10. The van der Waals surface area contributed by atoms with Crippen LogP contribution in [0.15, 0.2) is 27.6 Å². The number of anilines is 1. The van der Waals surface area contributed by atoms with Gasteiger partial charge in [0.1, 0.15) is 6.61 Å². The van der Waals surface area contributed by atoms with E-state index in [1.807, 2.05) is 0 Å². The van der Waals surface area contributed by atoms with E-state index in [2.05, 4.69) is 26.0 Å². The largest absolute Gasteiger partial charge is 0.375 e. The number of ether oxygens (including phenoxy) is 1. The van der Waals surface area contributed by atoms with Crippen molar-refractivity contribution in [3.8, 4) is 0 Å². The number of amides is 1. The van der Waals surface area contributed by atoms with Crippen molar-refractivity contribution in [2.45, 2.75) is 4.90 Å². The maximum Gasteiger partial charge on any atom is 0.262 e. The second-order valence-electron chi connectivity index (χ2n) is 3.06. The number of methoxy groups -OCH3 is 1. The molecule has 1 rings (SSSR count). The molecule has 0 bridgehead atoms. The zero-order valence-electron chi connectivity index (χ0n) is 8.74. The lowest BCUT2D eigenvalue weighted by molar-refractivity contribution is -0.119. The van der Waals surface area contributed by atoms with Gasteiger partial charge in [-0.05, 0) is 34.1 Å². The summed E-state index contributed by atoms with van der Waals surface area (Å²) >= 11 is 3.07. The molecule has 17 heavy (non-hydrogen) atoms. The van der Waals surface area contributed by atoms with E-state index < -0.39 is 9.05 Å². The van der Waals surface area contributed by atoms with Gasteiger partial charge in [0.25, 0.3) is 9.05 Å². The first-order chi connectivity index (χ1) is 7.84. The van der Waals surface area contributed by atoms with Gasteiger partial charge >= 0.3 is 0 Å². The van der Waals surface area contributed by atoms with Gasteiger partial charge in [0.05, 0.1) is 4.90 Å². The van der Waals surface area contributed by atoms with Crippen molar-refractivity contribution in [1.29, 1.82) is 0 Å². The Hall–Kier alpha value is -0.630. The number of hydrogen-bond acceptors (Lipinski definition) is 4. The molecular formula is C9H9BrClNO4S. The molecular weight excluding hydrogens is 334 g/mol. The van der Waals surface area contributed by atoms with E-state index in [-0.39, 0.29) is 21.9 Å². The molecule has 94 valence electrons. The molecule has 0 radical (unpaired) electrons. The average molecular weight is 343 g/mol. The minimum Gasteiger partial charge on any atom is -0.375 e. The van der Waals surface area contributed by atoms with Gasteiger partial charge in [-0.3, -0.25) is 4.79 Å². The van der Waals surface area contributed by atoms with Crippen molar-refractivity contribution in [3.05, 3.63) is 22.7 Å². The SMILES string of the molecule is COCC(=O)Nc1ccc(S(=O)(=O)Cl)c(Br)c1. The molecule has 0 saturated carbocycles. The van der Waals surface area contributed by atoms with Gasteiger partial charge in [-0.2, -0.15) is 0 Å². The van der Waals surface area contributed by atoms with Gasteiger partial charge in [0.2, 0.25) is 5.91 Å². The molecule has 0 aromatic heterocycles. The second kappa shape index (κ2) is 5.81. The molecule has 0 aliphatic carbocycles. The molecule has 0 heterocycles. The van der Waals surface area contributed by atoms with Crippen molar-refractivity contribution in [1.82, 2.24) is 0 Å².